The fraction of sp³-hybridized carbons (Fsp3) is 0.636. The van der Waals surface area contributed by atoms with E-state index in [4.69, 9.17) is 0 Å². The van der Waals surface area contributed by atoms with Crippen molar-refractivity contribution in [3.63, 3.8) is 0 Å². The lowest BCUT2D eigenvalue weighted by Gasteiger charge is -2.32. The predicted molar refractivity (Wildman–Crippen MR) is 111 cm³/mol. The minimum Gasteiger partial charge on any atom is -0.342 e. The predicted octanol–water partition coefficient (Wildman–Crippen LogP) is 1.27. The fourth-order valence-corrected chi connectivity index (χ4v) is 7.44. The number of likely N-dealkylation sites (tertiary alicyclic amines) is 2. The van der Waals surface area contributed by atoms with Crippen molar-refractivity contribution in [3.8, 4) is 0 Å². The Morgan fingerprint density at radius 2 is 1.70 bits per heavy atom. The van der Waals surface area contributed by atoms with Gasteiger partial charge in [-0.1, -0.05) is 6.07 Å². The topological polar surface area (TPSA) is 78.0 Å². The molecule has 1 aromatic carbocycles. The maximum Gasteiger partial charge on any atom is 0.243 e. The Kier molecular flexibility index (Phi) is 4.70. The van der Waals surface area contributed by atoms with Gasteiger partial charge in [0.1, 0.15) is 0 Å². The van der Waals surface area contributed by atoms with E-state index in [1.54, 1.807) is 11.0 Å². The number of benzene rings is 1. The molecule has 5 rings (SSSR count). The number of hydrogen-bond acceptors (Lipinski definition) is 4. The molecule has 1 aromatic rings. The number of rotatable bonds is 3. The summed E-state index contributed by atoms with van der Waals surface area (Å²) in [6.07, 6.45) is 4.97. The number of nitrogens with zero attached hydrogens (tertiary/aromatic N) is 3. The molecule has 0 unspecified atom stereocenters. The zero-order valence-electron chi connectivity index (χ0n) is 17.5. The summed E-state index contributed by atoms with van der Waals surface area (Å²) < 4.78 is 28.5. The first-order valence-electron chi connectivity index (χ1n) is 11.0. The Balaban J connectivity index is 1.46. The van der Waals surface area contributed by atoms with Crippen LogP contribution in [0.4, 0.5) is 0 Å². The van der Waals surface area contributed by atoms with Gasteiger partial charge in [-0.3, -0.25) is 9.59 Å². The van der Waals surface area contributed by atoms with Crippen LogP contribution in [0.3, 0.4) is 0 Å². The first-order chi connectivity index (χ1) is 14.3. The van der Waals surface area contributed by atoms with E-state index < -0.39 is 15.4 Å². The number of carbonyl (C=O) groups is 2. The molecule has 0 N–H and O–H groups in total. The van der Waals surface area contributed by atoms with Crippen molar-refractivity contribution in [1.29, 1.82) is 0 Å². The van der Waals surface area contributed by atoms with Gasteiger partial charge >= 0.3 is 0 Å². The minimum absolute atomic E-state index is 0.0282. The molecule has 0 bridgehead atoms. The molecule has 3 fully saturated rings. The highest BCUT2D eigenvalue weighted by Gasteiger charge is 2.60. The second-order valence-electron chi connectivity index (χ2n) is 9.33. The van der Waals surface area contributed by atoms with Gasteiger partial charge in [-0.15, -0.1) is 0 Å². The third kappa shape index (κ3) is 2.99. The number of hydrogen-bond donors (Lipinski definition) is 0. The third-order valence-electron chi connectivity index (χ3n) is 7.55. The van der Waals surface area contributed by atoms with Crippen LogP contribution in [0.2, 0.25) is 0 Å². The Labute approximate surface area is 178 Å². The number of fused-ring (bicyclic) bond motifs is 2. The molecule has 8 heteroatoms. The molecule has 3 aliphatic heterocycles. The number of amides is 2. The molecule has 0 saturated carbocycles. The molecule has 30 heavy (non-hydrogen) atoms. The molecule has 0 radical (unpaired) electrons. The van der Waals surface area contributed by atoms with Crippen LogP contribution in [0, 0.1) is 11.3 Å². The van der Waals surface area contributed by atoms with Crippen LogP contribution >= 0.6 is 0 Å². The third-order valence-corrected chi connectivity index (χ3v) is 9.36. The molecule has 162 valence electrons. The minimum atomic E-state index is -3.68. The average molecular weight is 432 g/mol. The molecular formula is C22H29N3O4S. The van der Waals surface area contributed by atoms with Crippen LogP contribution in [-0.4, -0.2) is 73.6 Å². The Morgan fingerprint density at radius 3 is 2.43 bits per heavy atom. The van der Waals surface area contributed by atoms with Crippen molar-refractivity contribution in [1.82, 2.24) is 14.1 Å². The molecule has 3 heterocycles. The van der Waals surface area contributed by atoms with E-state index in [2.05, 4.69) is 0 Å². The van der Waals surface area contributed by atoms with Crippen LogP contribution in [-0.2, 0) is 32.5 Å². The number of sulfonamides is 1. The second-order valence-corrected chi connectivity index (χ2v) is 11.3. The molecule has 2 amide bonds. The van der Waals surface area contributed by atoms with Gasteiger partial charge in [-0.05, 0) is 55.4 Å². The zero-order valence-corrected chi connectivity index (χ0v) is 18.3. The average Bonchev–Trinajstić information content (AvgIpc) is 3.49. The van der Waals surface area contributed by atoms with Crippen LogP contribution in [0.5, 0.6) is 0 Å². The fourth-order valence-electron chi connectivity index (χ4n) is 5.84. The summed E-state index contributed by atoms with van der Waals surface area (Å²) in [6, 6.07) is 5.47. The van der Waals surface area contributed by atoms with Crippen LogP contribution < -0.4 is 0 Å². The molecule has 0 spiro atoms. The molecule has 0 aromatic heterocycles. The SMILES string of the molecule is CC(=O)N1C[C@H]2CN(S(=O)(=O)c3ccc4c(c3)CCC4)C[C@@]2(C(=O)N2CCCC2)C1. The van der Waals surface area contributed by atoms with Gasteiger partial charge in [0.05, 0.1) is 10.3 Å². The van der Waals surface area contributed by atoms with Crippen molar-refractivity contribution in [2.75, 3.05) is 39.3 Å². The van der Waals surface area contributed by atoms with Gasteiger partial charge in [0, 0.05) is 52.1 Å². The van der Waals surface area contributed by atoms with Crippen LogP contribution in [0.25, 0.3) is 0 Å². The van der Waals surface area contributed by atoms with E-state index in [0.29, 0.717) is 24.5 Å². The Hall–Kier alpha value is -1.93. The summed E-state index contributed by atoms with van der Waals surface area (Å²) in [5.41, 5.74) is 1.55. The Bertz CT molecular complexity index is 1000. The van der Waals surface area contributed by atoms with E-state index in [1.165, 1.54) is 16.8 Å². The maximum absolute atomic E-state index is 13.5. The second kappa shape index (κ2) is 7.05. The summed E-state index contributed by atoms with van der Waals surface area (Å²) in [5, 5.41) is 0. The number of aryl methyl sites for hydroxylation is 2. The quantitative estimate of drug-likeness (QED) is 0.722. The van der Waals surface area contributed by atoms with Crippen LogP contribution in [0.1, 0.15) is 37.3 Å². The summed E-state index contributed by atoms with van der Waals surface area (Å²) >= 11 is 0. The lowest BCUT2D eigenvalue weighted by atomic mass is 9.79. The molecule has 1 aliphatic carbocycles. The number of carbonyl (C=O) groups excluding carboxylic acids is 2. The van der Waals surface area contributed by atoms with Crippen molar-refractivity contribution >= 4 is 21.8 Å². The van der Waals surface area contributed by atoms with Gasteiger partial charge in [0.2, 0.25) is 21.8 Å². The van der Waals surface area contributed by atoms with E-state index in [-0.39, 0.29) is 24.3 Å². The normalized spacial score (nSPS) is 28.8. The smallest absolute Gasteiger partial charge is 0.243 e. The maximum atomic E-state index is 13.5. The summed E-state index contributed by atoms with van der Waals surface area (Å²) in [4.78, 5) is 29.5. The van der Waals surface area contributed by atoms with Gasteiger partial charge < -0.3 is 9.80 Å². The summed E-state index contributed by atoms with van der Waals surface area (Å²) in [5.74, 6) is -0.176. The Morgan fingerprint density at radius 1 is 0.967 bits per heavy atom. The summed E-state index contributed by atoms with van der Waals surface area (Å²) in [6.45, 7) is 4.20. The van der Waals surface area contributed by atoms with Gasteiger partial charge in [0.25, 0.3) is 0 Å². The van der Waals surface area contributed by atoms with Crippen LogP contribution in [0.15, 0.2) is 23.1 Å². The van der Waals surface area contributed by atoms with Gasteiger partial charge in [-0.25, -0.2) is 8.42 Å². The zero-order chi connectivity index (χ0) is 21.1. The van der Waals surface area contributed by atoms with Gasteiger partial charge in [-0.2, -0.15) is 4.31 Å². The van der Waals surface area contributed by atoms with Crippen molar-refractivity contribution < 1.29 is 18.0 Å². The first-order valence-corrected chi connectivity index (χ1v) is 12.4. The van der Waals surface area contributed by atoms with Crippen molar-refractivity contribution in [2.24, 2.45) is 11.3 Å². The highest BCUT2D eigenvalue weighted by Crippen LogP contribution is 2.46. The molecule has 3 saturated heterocycles. The van der Waals surface area contributed by atoms with E-state index in [9.17, 15) is 18.0 Å². The lowest BCUT2D eigenvalue weighted by molar-refractivity contribution is -0.141. The monoisotopic (exact) mass is 431 g/mol. The molecule has 7 nitrogen and oxygen atoms in total. The van der Waals surface area contributed by atoms with E-state index in [1.807, 2.05) is 17.0 Å². The van der Waals surface area contributed by atoms with Gasteiger partial charge in [0.15, 0.2) is 0 Å². The van der Waals surface area contributed by atoms with E-state index in [0.717, 1.165) is 50.8 Å². The lowest BCUT2D eigenvalue weighted by Crippen LogP contribution is -2.49. The highest BCUT2D eigenvalue weighted by atomic mass is 32.2. The first kappa shape index (κ1) is 20.0. The summed E-state index contributed by atoms with van der Waals surface area (Å²) in [7, 11) is -3.68. The highest BCUT2D eigenvalue weighted by molar-refractivity contribution is 7.89. The molecular weight excluding hydrogens is 402 g/mol. The standard InChI is InChI=1S/C22H29N3O4S/c1-16(26)24-12-19-13-25(15-22(19,14-24)21(27)23-9-2-3-10-23)30(28,29)20-8-7-17-5-4-6-18(17)11-20/h7-8,11,19H,2-6,9-10,12-15H2,1H3/t19-,22-/m0/s1. The molecule has 4 aliphatic rings. The van der Waals surface area contributed by atoms with Crippen molar-refractivity contribution in [3.05, 3.63) is 29.3 Å². The van der Waals surface area contributed by atoms with E-state index >= 15 is 0 Å². The largest absolute Gasteiger partial charge is 0.342 e. The van der Waals surface area contributed by atoms with Crippen molar-refractivity contribution in [2.45, 2.75) is 43.9 Å². The molecule has 2 atom stereocenters.